The maximum absolute atomic E-state index is 12.2. The molecule has 0 bridgehead atoms. The summed E-state index contributed by atoms with van der Waals surface area (Å²) in [5.41, 5.74) is 2.38. The Hall–Kier alpha value is -1.81. The van der Waals surface area contributed by atoms with Crippen molar-refractivity contribution in [3.8, 4) is 0 Å². The van der Waals surface area contributed by atoms with Crippen LogP contribution in [0.3, 0.4) is 0 Å². The molecule has 3 rings (SSSR count). The van der Waals surface area contributed by atoms with Gasteiger partial charge in [0.05, 0.1) is 6.10 Å². The van der Waals surface area contributed by atoms with E-state index in [-0.39, 0.29) is 5.91 Å². The standard InChI is InChI=1S/C20H28N2O2/c1-2-19-13-16(8-11-24-19)14-20(23)21-15-17-6-5-7-18(12-17)22-9-3-4-10-22/h3-7,12,16,19H,2,8-11,13-15H2,1H3,(H,21,23)/t16-,19-/m1/s1. The van der Waals surface area contributed by atoms with Crippen molar-refractivity contribution in [2.75, 3.05) is 24.6 Å². The van der Waals surface area contributed by atoms with Gasteiger partial charge in [-0.05, 0) is 42.9 Å². The number of ether oxygens (including phenoxy) is 1. The van der Waals surface area contributed by atoms with Crippen molar-refractivity contribution in [2.45, 2.75) is 45.3 Å². The fourth-order valence-corrected chi connectivity index (χ4v) is 3.52. The number of carbonyl (C=O) groups excluding carboxylic acids is 1. The summed E-state index contributed by atoms with van der Waals surface area (Å²) in [6.45, 7) is 5.49. The molecule has 2 aliphatic heterocycles. The zero-order chi connectivity index (χ0) is 16.8. The maximum atomic E-state index is 12.2. The van der Waals surface area contributed by atoms with Gasteiger partial charge in [-0.3, -0.25) is 4.79 Å². The minimum Gasteiger partial charge on any atom is -0.378 e. The Morgan fingerprint density at radius 2 is 2.17 bits per heavy atom. The number of nitrogens with one attached hydrogen (secondary N) is 1. The number of nitrogens with zero attached hydrogens (tertiary/aromatic N) is 1. The minimum atomic E-state index is 0.157. The maximum Gasteiger partial charge on any atom is 0.220 e. The Labute approximate surface area is 144 Å². The van der Waals surface area contributed by atoms with Crippen LogP contribution in [0.4, 0.5) is 5.69 Å². The van der Waals surface area contributed by atoms with E-state index < -0.39 is 0 Å². The highest BCUT2D eigenvalue weighted by atomic mass is 16.5. The van der Waals surface area contributed by atoms with Crippen molar-refractivity contribution >= 4 is 11.6 Å². The molecule has 2 aliphatic rings. The largest absolute Gasteiger partial charge is 0.378 e. The lowest BCUT2D eigenvalue weighted by molar-refractivity contribution is -0.123. The summed E-state index contributed by atoms with van der Waals surface area (Å²) < 4.78 is 5.69. The number of amides is 1. The second-order valence-electron chi connectivity index (χ2n) is 6.82. The summed E-state index contributed by atoms with van der Waals surface area (Å²) in [6.07, 6.45) is 8.38. The monoisotopic (exact) mass is 328 g/mol. The predicted molar refractivity (Wildman–Crippen MR) is 97.0 cm³/mol. The summed E-state index contributed by atoms with van der Waals surface area (Å²) in [5, 5.41) is 3.08. The van der Waals surface area contributed by atoms with E-state index in [2.05, 4.69) is 53.6 Å². The van der Waals surface area contributed by atoms with Crippen LogP contribution in [-0.4, -0.2) is 31.7 Å². The van der Waals surface area contributed by atoms with Gasteiger partial charge in [-0.1, -0.05) is 31.2 Å². The highest BCUT2D eigenvalue weighted by molar-refractivity contribution is 5.76. The van der Waals surface area contributed by atoms with Crippen LogP contribution in [0, 0.1) is 5.92 Å². The van der Waals surface area contributed by atoms with Crippen LogP contribution >= 0.6 is 0 Å². The molecule has 4 nitrogen and oxygen atoms in total. The number of hydrogen-bond acceptors (Lipinski definition) is 3. The quantitative estimate of drug-likeness (QED) is 0.815. The first-order chi connectivity index (χ1) is 11.7. The van der Waals surface area contributed by atoms with E-state index in [0.717, 1.165) is 44.5 Å². The van der Waals surface area contributed by atoms with Gasteiger partial charge < -0.3 is 15.0 Å². The summed E-state index contributed by atoms with van der Waals surface area (Å²) in [6, 6.07) is 8.45. The summed E-state index contributed by atoms with van der Waals surface area (Å²) in [5.74, 6) is 0.621. The van der Waals surface area contributed by atoms with Crippen LogP contribution in [0.5, 0.6) is 0 Å². The van der Waals surface area contributed by atoms with Gasteiger partial charge in [0, 0.05) is 38.3 Å². The Morgan fingerprint density at radius 1 is 1.33 bits per heavy atom. The smallest absolute Gasteiger partial charge is 0.220 e. The van der Waals surface area contributed by atoms with E-state index in [1.54, 1.807) is 0 Å². The second-order valence-corrected chi connectivity index (χ2v) is 6.82. The highest BCUT2D eigenvalue weighted by Crippen LogP contribution is 2.25. The highest BCUT2D eigenvalue weighted by Gasteiger charge is 2.23. The number of carbonyl (C=O) groups is 1. The Morgan fingerprint density at radius 3 is 2.96 bits per heavy atom. The molecule has 1 saturated heterocycles. The molecular weight excluding hydrogens is 300 g/mol. The third-order valence-corrected chi connectivity index (χ3v) is 4.99. The van der Waals surface area contributed by atoms with E-state index in [4.69, 9.17) is 4.74 Å². The van der Waals surface area contributed by atoms with Crippen LogP contribution in [0.25, 0.3) is 0 Å². The van der Waals surface area contributed by atoms with E-state index >= 15 is 0 Å². The van der Waals surface area contributed by atoms with Crippen molar-refractivity contribution in [3.05, 3.63) is 42.0 Å². The normalized spacial score (nSPS) is 23.5. The first-order valence-corrected chi connectivity index (χ1v) is 9.11. The van der Waals surface area contributed by atoms with Gasteiger partial charge in [0.2, 0.25) is 5.91 Å². The van der Waals surface area contributed by atoms with Gasteiger partial charge in [-0.2, -0.15) is 0 Å². The van der Waals surface area contributed by atoms with Crippen LogP contribution in [0.2, 0.25) is 0 Å². The first kappa shape index (κ1) is 17.0. The molecule has 2 atom stereocenters. The topological polar surface area (TPSA) is 41.6 Å². The lowest BCUT2D eigenvalue weighted by Crippen LogP contribution is -2.30. The van der Waals surface area contributed by atoms with Crippen molar-refractivity contribution in [1.29, 1.82) is 0 Å². The molecule has 2 heterocycles. The van der Waals surface area contributed by atoms with E-state index in [1.807, 2.05) is 0 Å². The van der Waals surface area contributed by atoms with Gasteiger partial charge >= 0.3 is 0 Å². The number of anilines is 1. The van der Waals surface area contributed by atoms with E-state index in [1.165, 1.54) is 5.69 Å². The van der Waals surface area contributed by atoms with Crippen LogP contribution in [0.1, 0.15) is 38.2 Å². The van der Waals surface area contributed by atoms with E-state index in [0.29, 0.717) is 25.0 Å². The van der Waals surface area contributed by atoms with Gasteiger partial charge in [0.25, 0.3) is 0 Å². The molecule has 130 valence electrons. The Kier molecular flexibility index (Phi) is 5.91. The molecule has 0 aliphatic carbocycles. The zero-order valence-electron chi connectivity index (χ0n) is 14.5. The molecule has 0 aromatic heterocycles. The molecule has 0 radical (unpaired) electrons. The molecule has 1 aromatic rings. The second kappa shape index (κ2) is 8.34. The average molecular weight is 328 g/mol. The molecular formula is C20H28N2O2. The van der Waals surface area contributed by atoms with Crippen molar-refractivity contribution in [2.24, 2.45) is 5.92 Å². The Bertz CT molecular complexity index is 577. The number of rotatable bonds is 6. The van der Waals surface area contributed by atoms with Gasteiger partial charge in [0.1, 0.15) is 0 Å². The Balaban J connectivity index is 1.46. The minimum absolute atomic E-state index is 0.157. The molecule has 24 heavy (non-hydrogen) atoms. The average Bonchev–Trinajstić information content (AvgIpc) is 3.15. The SMILES string of the molecule is CC[C@@H]1C[C@H](CC(=O)NCc2cccc(N3CC=CC3)c2)CCO1. The fourth-order valence-electron chi connectivity index (χ4n) is 3.52. The zero-order valence-corrected chi connectivity index (χ0v) is 14.5. The van der Waals surface area contributed by atoms with Gasteiger partial charge in [-0.25, -0.2) is 0 Å². The van der Waals surface area contributed by atoms with E-state index in [9.17, 15) is 4.79 Å². The van der Waals surface area contributed by atoms with Crippen LogP contribution in [0.15, 0.2) is 36.4 Å². The van der Waals surface area contributed by atoms with Crippen LogP contribution in [-0.2, 0) is 16.1 Å². The molecule has 0 unspecified atom stereocenters. The van der Waals surface area contributed by atoms with Crippen molar-refractivity contribution in [3.63, 3.8) is 0 Å². The lowest BCUT2D eigenvalue weighted by Gasteiger charge is -2.28. The number of hydrogen-bond donors (Lipinski definition) is 1. The lowest BCUT2D eigenvalue weighted by atomic mass is 9.91. The fraction of sp³-hybridized carbons (Fsp3) is 0.550. The molecule has 0 spiro atoms. The summed E-state index contributed by atoms with van der Waals surface area (Å²) in [4.78, 5) is 14.6. The predicted octanol–water partition coefficient (Wildman–Crippen LogP) is 3.27. The summed E-state index contributed by atoms with van der Waals surface area (Å²) in [7, 11) is 0. The summed E-state index contributed by atoms with van der Waals surface area (Å²) >= 11 is 0. The van der Waals surface area contributed by atoms with Crippen molar-refractivity contribution < 1.29 is 9.53 Å². The molecule has 1 N–H and O–H groups in total. The molecule has 1 aromatic carbocycles. The molecule has 1 fully saturated rings. The number of benzene rings is 1. The molecule has 4 heteroatoms. The molecule has 1 amide bonds. The van der Waals surface area contributed by atoms with Gasteiger partial charge in [0.15, 0.2) is 0 Å². The third-order valence-electron chi connectivity index (χ3n) is 4.99. The third kappa shape index (κ3) is 4.60. The van der Waals surface area contributed by atoms with Crippen molar-refractivity contribution in [1.82, 2.24) is 5.32 Å². The first-order valence-electron chi connectivity index (χ1n) is 9.11. The van der Waals surface area contributed by atoms with Gasteiger partial charge in [-0.15, -0.1) is 0 Å². The molecule has 0 saturated carbocycles. The van der Waals surface area contributed by atoms with Crippen LogP contribution < -0.4 is 10.2 Å².